The Morgan fingerprint density at radius 3 is 2.43 bits per heavy atom. The lowest BCUT2D eigenvalue weighted by molar-refractivity contribution is -0.148. The maximum absolute atomic E-state index is 14.8. The molecule has 5 aliphatic rings. The second-order valence-electron chi connectivity index (χ2n) is 13.1. The van der Waals surface area contributed by atoms with Crippen molar-refractivity contribution >= 4 is 17.5 Å². The largest absolute Gasteiger partial charge is 0.508 e. The van der Waals surface area contributed by atoms with Crippen molar-refractivity contribution in [3.8, 4) is 5.75 Å². The number of hydrogen-bond donors (Lipinski definition) is 5. The summed E-state index contributed by atoms with van der Waals surface area (Å²) >= 11 is 0. The molecule has 0 radical (unpaired) electrons. The van der Waals surface area contributed by atoms with E-state index < -0.39 is 80.9 Å². The van der Waals surface area contributed by atoms with Gasteiger partial charge in [0.25, 0.3) is 5.91 Å². The SMILES string of the molecule is COC1=C(C(N)=O)C(=O)[C@@]2(O)C(O)=C3C(=O)c4c(O)cc(CN[C@H]5CC6CCC5C6)c(C(F)(F)F)c4C[C@H]3C[C@H]2[C@@H]1N(C)C. The first-order valence-corrected chi connectivity index (χ1v) is 14.8. The van der Waals surface area contributed by atoms with Gasteiger partial charge in [-0.2, -0.15) is 13.2 Å². The fraction of sp³-hybridized carbons (Fsp3) is 0.581. The smallest absolute Gasteiger partial charge is 0.417 e. The number of aliphatic hydroxyl groups is 2. The summed E-state index contributed by atoms with van der Waals surface area (Å²) in [7, 11) is 4.36. The van der Waals surface area contributed by atoms with Crippen LogP contribution >= 0.6 is 0 Å². The predicted molar refractivity (Wildman–Crippen MR) is 149 cm³/mol. The van der Waals surface area contributed by atoms with Crippen molar-refractivity contribution in [1.82, 2.24) is 10.2 Å². The predicted octanol–water partition coefficient (Wildman–Crippen LogP) is 2.51. The molecule has 6 rings (SSSR count). The number of methoxy groups -OCH3 is 1. The van der Waals surface area contributed by atoms with Crippen LogP contribution in [-0.4, -0.2) is 76.6 Å². The average molecular weight is 620 g/mol. The van der Waals surface area contributed by atoms with Gasteiger partial charge < -0.3 is 31.1 Å². The van der Waals surface area contributed by atoms with Gasteiger partial charge in [-0.05, 0) is 81.1 Å². The summed E-state index contributed by atoms with van der Waals surface area (Å²) in [6.45, 7) is -0.145. The van der Waals surface area contributed by atoms with Gasteiger partial charge in [-0.1, -0.05) is 6.42 Å². The van der Waals surface area contributed by atoms with Gasteiger partial charge in [0.1, 0.15) is 22.8 Å². The molecule has 44 heavy (non-hydrogen) atoms. The van der Waals surface area contributed by atoms with Crippen LogP contribution in [0.3, 0.4) is 0 Å². The summed E-state index contributed by atoms with van der Waals surface area (Å²) in [5.74, 6) is -6.78. The standard InChI is InChI=1S/C31H36F3N3O7/c1-37(2)24-17-9-14-8-16-21(25(39)20(14)27(40)30(17,43)28(41)22(29(35)42)26(24)44-3)19(38)10-15(23(16)31(32,33)34)11-36-18-7-12-4-5-13(18)6-12/h10,12-14,17-18,24,36,38,40,43H,4-9,11H2,1-3H3,(H2,35,42)/t12?,13?,14-,17-,18-,24-,30-/m0/s1. The van der Waals surface area contributed by atoms with Crippen molar-refractivity contribution in [2.75, 3.05) is 21.2 Å². The van der Waals surface area contributed by atoms with Crippen LogP contribution in [-0.2, 0) is 33.5 Å². The molecule has 2 fully saturated rings. The second kappa shape index (κ2) is 10.3. The monoisotopic (exact) mass is 619 g/mol. The molecule has 2 bridgehead atoms. The molecule has 7 atom stereocenters. The lowest BCUT2D eigenvalue weighted by atomic mass is 9.58. The fourth-order valence-electron chi connectivity index (χ4n) is 8.81. The number of allylic oxidation sites excluding steroid dienone is 1. The molecule has 0 aliphatic heterocycles. The molecule has 0 saturated heterocycles. The zero-order valence-corrected chi connectivity index (χ0v) is 24.6. The Bertz CT molecular complexity index is 1530. The van der Waals surface area contributed by atoms with Gasteiger partial charge in [0, 0.05) is 24.1 Å². The Labute approximate surface area is 251 Å². The fourth-order valence-corrected chi connectivity index (χ4v) is 8.81. The number of alkyl halides is 3. The molecule has 13 heteroatoms. The van der Waals surface area contributed by atoms with Gasteiger partial charge in [0.2, 0.25) is 5.78 Å². The summed E-state index contributed by atoms with van der Waals surface area (Å²) in [5, 5.41) is 37.5. The Hall–Kier alpha value is -3.42. The van der Waals surface area contributed by atoms with Gasteiger partial charge in [-0.15, -0.1) is 0 Å². The highest BCUT2D eigenvalue weighted by molar-refractivity contribution is 6.24. The highest BCUT2D eigenvalue weighted by Crippen LogP contribution is 2.54. The van der Waals surface area contributed by atoms with E-state index in [9.17, 15) is 42.9 Å². The first kappa shape index (κ1) is 30.6. The minimum Gasteiger partial charge on any atom is -0.508 e. The lowest BCUT2D eigenvalue weighted by Gasteiger charge is -2.50. The average Bonchev–Trinajstić information content (AvgIpc) is 3.55. The number of primary amides is 1. The number of likely N-dealkylation sites (N-methyl/N-ethyl adjacent to an activating group) is 1. The number of amides is 1. The van der Waals surface area contributed by atoms with Gasteiger partial charge in [-0.25, -0.2) is 0 Å². The normalized spacial score (nSPS) is 33.1. The highest BCUT2D eigenvalue weighted by atomic mass is 19.4. The number of carbonyl (C=O) groups is 3. The number of phenolic OH excluding ortho intramolecular Hbond substituents is 1. The van der Waals surface area contributed by atoms with Crippen molar-refractivity contribution < 1.29 is 47.6 Å². The number of aromatic hydroxyl groups is 1. The number of hydrogen-bond acceptors (Lipinski definition) is 9. The van der Waals surface area contributed by atoms with Crippen molar-refractivity contribution in [3.05, 3.63) is 51.0 Å². The van der Waals surface area contributed by atoms with Crippen molar-refractivity contribution in [3.63, 3.8) is 0 Å². The van der Waals surface area contributed by atoms with Crippen molar-refractivity contribution in [1.29, 1.82) is 0 Å². The summed E-state index contributed by atoms with van der Waals surface area (Å²) in [6.07, 6.45) is -1.35. The highest BCUT2D eigenvalue weighted by Gasteiger charge is 2.63. The number of ketones is 2. The van der Waals surface area contributed by atoms with E-state index in [-0.39, 0.29) is 42.3 Å². The van der Waals surface area contributed by atoms with Crippen LogP contribution in [0.2, 0.25) is 0 Å². The van der Waals surface area contributed by atoms with Crippen LogP contribution in [0.25, 0.3) is 0 Å². The quantitative estimate of drug-likeness (QED) is 0.301. The van der Waals surface area contributed by atoms with Gasteiger partial charge in [-0.3, -0.25) is 19.3 Å². The first-order chi connectivity index (χ1) is 20.6. The number of ether oxygens (including phenoxy) is 1. The molecule has 238 valence electrons. The summed E-state index contributed by atoms with van der Waals surface area (Å²) in [5.41, 5.74) is -0.669. The number of benzene rings is 1. The van der Waals surface area contributed by atoms with Gasteiger partial charge >= 0.3 is 6.18 Å². The van der Waals surface area contributed by atoms with E-state index in [1.807, 2.05) is 0 Å². The third-order valence-corrected chi connectivity index (χ3v) is 10.6. The van der Waals surface area contributed by atoms with Gasteiger partial charge in [0.05, 0.1) is 24.3 Å². The number of carbonyl (C=O) groups excluding carboxylic acids is 3. The maximum Gasteiger partial charge on any atom is 0.417 e. The molecule has 1 amide bonds. The molecule has 10 nitrogen and oxygen atoms in total. The van der Waals surface area contributed by atoms with Crippen LogP contribution < -0.4 is 11.1 Å². The van der Waals surface area contributed by atoms with E-state index >= 15 is 0 Å². The molecule has 0 heterocycles. The van der Waals surface area contributed by atoms with Crippen LogP contribution in [0.4, 0.5) is 13.2 Å². The summed E-state index contributed by atoms with van der Waals surface area (Å²) < 4.78 is 49.7. The first-order valence-electron chi connectivity index (χ1n) is 14.8. The lowest BCUT2D eigenvalue weighted by Crippen LogP contribution is -2.64. The van der Waals surface area contributed by atoms with Crippen molar-refractivity contribution in [2.24, 2.45) is 29.4 Å². The molecule has 1 aromatic carbocycles. The number of nitrogens with two attached hydrogens (primary N) is 1. The van der Waals surface area contributed by atoms with Crippen LogP contribution in [0.1, 0.15) is 59.2 Å². The summed E-state index contributed by atoms with van der Waals surface area (Å²) in [4.78, 5) is 41.4. The maximum atomic E-state index is 14.8. The van der Waals surface area contributed by atoms with E-state index in [1.54, 1.807) is 14.1 Å². The number of nitrogens with one attached hydrogen (secondary N) is 1. The van der Waals surface area contributed by atoms with Crippen LogP contribution in [0, 0.1) is 23.7 Å². The number of fused-ring (bicyclic) bond motifs is 5. The van der Waals surface area contributed by atoms with E-state index in [0.717, 1.165) is 31.7 Å². The number of halogens is 3. The summed E-state index contributed by atoms with van der Waals surface area (Å²) in [6, 6.07) is 0.0143. The zero-order chi connectivity index (χ0) is 32.0. The zero-order valence-electron chi connectivity index (χ0n) is 24.6. The number of Topliss-reactive ketones (excluding diaryl/α,β-unsaturated/α-hetero) is 2. The van der Waals surface area contributed by atoms with E-state index in [1.165, 1.54) is 12.0 Å². The molecule has 2 unspecified atom stereocenters. The molecule has 0 spiro atoms. The van der Waals surface area contributed by atoms with Gasteiger partial charge in [0.15, 0.2) is 11.4 Å². The topological polar surface area (TPSA) is 162 Å². The third-order valence-electron chi connectivity index (χ3n) is 10.6. The molecule has 6 N–H and O–H groups in total. The molecular weight excluding hydrogens is 583 g/mol. The second-order valence-corrected chi connectivity index (χ2v) is 13.1. The molecule has 1 aromatic rings. The Balaban J connectivity index is 1.46. The number of phenols is 1. The molecule has 0 aromatic heterocycles. The molecule has 2 saturated carbocycles. The number of nitrogens with zero attached hydrogens (tertiary/aromatic N) is 1. The van der Waals surface area contributed by atoms with Crippen LogP contribution in [0.15, 0.2) is 28.7 Å². The molecular formula is C31H36F3N3O7. The Morgan fingerprint density at radius 1 is 1.18 bits per heavy atom. The third kappa shape index (κ3) is 4.30. The van der Waals surface area contributed by atoms with Crippen LogP contribution in [0.5, 0.6) is 5.75 Å². The Morgan fingerprint density at radius 2 is 1.89 bits per heavy atom. The number of rotatable bonds is 6. The molecule has 5 aliphatic carbocycles. The van der Waals surface area contributed by atoms with E-state index in [2.05, 4.69) is 5.32 Å². The Kier molecular flexibility index (Phi) is 7.17. The van der Waals surface area contributed by atoms with E-state index in [4.69, 9.17) is 10.5 Å². The number of aliphatic hydroxyl groups excluding tert-OH is 1. The minimum atomic E-state index is -4.86. The van der Waals surface area contributed by atoms with Crippen molar-refractivity contribution in [2.45, 2.75) is 68.9 Å². The minimum absolute atomic E-state index is 0.0808. The van der Waals surface area contributed by atoms with E-state index in [0.29, 0.717) is 11.8 Å².